The van der Waals surface area contributed by atoms with E-state index < -0.39 is 8.80 Å². The Labute approximate surface area is 183 Å². The molecule has 0 saturated carbocycles. The van der Waals surface area contributed by atoms with Crippen molar-refractivity contribution in [3.05, 3.63) is 0 Å². The van der Waals surface area contributed by atoms with Crippen molar-refractivity contribution in [1.29, 1.82) is 0 Å². The van der Waals surface area contributed by atoms with Gasteiger partial charge in [0.25, 0.3) is 0 Å². The van der Waals surface area contributed by atoms with Crippen LogP contribution in [0.25, 0.3) is 0 Å². The van der Waals surface area contributed by atoms with Gasteiger partial charge in [-0.2, -0.15) is 0 Å². The number of rotatable bonds is 19. The third-order valence-corrected chi connectivity index (χ3v) is 9.15. The number of hydrogen-bond acceptors (Lipinski definition) is 4. The Morgan fingerprint density at radius 3 is 1.54 bits per heavy atom. The van der Waals surface area contributed by atoms with Crippen molar-refractivity contribution in [1.82, 2.24) is 4.90 Å². The van der Waals surface area contributed by atoms with Crippen LogP contribution in [0, 0.1) is 0 Å². The second-order valence-electron chi connectivity index (χ2n) is 8.17. The van der Waals surface area contributed by atoms with E-state index in [4.69, 9.17) is 13.3 Å². The smallest absolute Gasteiger partial charge is 0.377 e. The Morgan fingerprint density at radius 1 is 0.679 bits per heavy atom. The maximum absolute atomic E-state index is 5.87. The van der Waals surface area contributed by atoms with Gasteiger partial charge in [0.1, 0.15) is 0 Å². The number of hydrogen-bond donors (Lipinski definition) is 0. The van der Waals surface area contributed by atoms with Gasteiger partial charge in [-0.15, -0.1) is 12.4 Å². The molecule has 172 valence electrons. The van der Waals surface area contributed by atoms with Crippen LogP contribution in [0.3, 0.4) is 0 Å². The average molecular weight is 440 g/mol. The van der Waals surface area contributed by atoms with Crippen LogP contribution in [-0.2, 0) is 13.3 Å². The molecule has 4 nitrogen and oxygen atoms in total. The molecule has 0 fully saturated rings. The van der Waals surface area contributed by atoms with E-state index in [-0.39, 0.29) is 12.4 Å². The normalized spacial score (nSPS) is 14.1. The fraction of sp³-hybridized carbons (Fsp3) is 1.00. The lowest BCUT2D eigenvalue weighted by Crippen LogP contribution is -2.49. The quantitative estimate of drug-likeness (QED) is 0.165. The molecule has 0 aromatic heterocycles. The third kappa shape index (κ3) is 12.1. The van der Waals surface area contributed by atoms with Crippen LogP contribution in [0.1, 0.15) is 97.3 Å². The molecule has 6 heteroatoms. The first-order valence-electron chi connectivity index (χ1n) is 11.3. The standard InChI is InChI=1S/C22H49NO3Si.ClH/c1-8-10-11-12-13-14-15-16-17-19-22(27(24-5,25-6)26-7)20-21(18-9-2)23(3)4;/h21-22H,8-20H2,1-7H3;1H. The van der Waals surface area contributed by atoms with E-state index in [0.29, 0.717) is 11.6 Å². The number of halogens is 1. The van der Waals surface area contributed by atoms with Gasteiger partial charge in [0.15, 0.2) is 0 Å². The minimum Gasteiger partial charge on any atom is -0.377 e. The number of unbranched alkanes of at least 4 members (excludes halogenated alkanes) is 8. The van der Waals surface area contributed by atoms with Gasteiger partial charge in [-0.25, -0.2) is 0 Å². The maximum Gasteiger partial charge on any atom is 0.503 e. The summed E-state index contributed by atoms with van der Waals surface area (Å²) in [5.41, 5.74) is 0.376. The van der Waals surface area contributed by atoms with Crippen LogP contribution < -0.4 is 0 Å². The Kier molecular flexibility index (Phi) is 21.1. The molecule has 0 heterocycles. The number of nitrogens with zero attached hydrogens (tertiary/aromatic N) is 1. The van der Waals surface area contributed by atoms with Crippen molar-refractivity contribution in [2.45, 2.75) is 109 Å². The van der Waals surface area contributed by atoms with E-state index in [0.717, 1.165) is 12.8 Å². The zero-order valence-electron chi connectivity index (χ0n) is 19.9. The average Bonchev–Trinajstić information content (AvgIpc) is 2.67. The Hall–Kier alpha value is 0.347. The maximum atomic E-state index is 5.87. The van der Waals surface area contributed by atoms with Crippen LogP contribution >= 0.6 is 12.4 Å². The van der Waals surface area contributed by atoms with Gasteiger partial charge in [0, 0.05) is 32.9 Å². The molecule has 0 saturated heterocycles. The van der Waals surface area contributed by atoms with Crippen molar-refractivity contribution >= 4 is 21.2 Å². The van der Waals surface area contributed by atoms with Gasteiger partial charge < -0.3 is 18.2 Å². The molecular weight excluding hydrogens is 390 g/mol. The van der Waals surface area contributed by atoms with Gasteiger partial charge >= 0.3 is 8.80 Å². The van der Waals surface area contributed by atoms with Gasteiger partial charge in [0.2, 0.25) is 0 Å². The molecule has 0 spiro atoms. The lowest BCUT2D eigenvalue weighted by atomic mass is 10.0. The largest absolute Gasteiger partial charge is 0.503 e. The third-order valence-electron chi connectivity index (χ3n) is 5.92. The molecule has 2 atom stereocenters. The van der Waals surface area contributed by atoms with E-state index in [1.807, 2.05) is 0 Å². The Morgan fingerprint density at radius 2 is 1.14 bits per heavy atom. The first-order chi connectivity index (χ1) is 13.0. The molecule has 0 bridgehead atoms. The molecular formula is C22H50ClNO3Si. The van der Waals surface area contributed by atoms with Crippen molar-refractivity contribution in [3.8, 4) is 0 Å². The summed E-state index contributed by atoms with van der Waals surface area (Å²) >= 11 is 0. The van der Waals surface area contributed by atoms with E-state index in [1.165, 1.54) is 70.6 Å². The molecule has 0 aliphatic heterocycles. The monoisotopic (exact) mass is 439 g/mol. The molecule has 0 rings (SSSR count). The highest BCUT2D eigenvalue weighted by atomic mass is 35.5. The topological polar surface area (TPSA) is 30.9 Å². The first kappa shape index (κ1) is 30.5. The van der Waals surface area contributed by atoms with Crippen molar-refractivity contribution in [2.24, 2.45) is 0 Å². The minimum absolute atomic E-state index is 0. The second-order valence-corrected chi connectivity index (χ2v) is 11.4. The molecule has 0 aromatic rings. The van der Waals surface area contributed by atoms with Gasteiger partial charge in [-0.05, 0) is 33.4 Å². The Bertz CT molecular complexity index is 323. The van der Waals surface area contributed by atoms with Crippen LogP contribution in [-0.4, -0.2) is 55.2 Å². The van der Waals surface area contributed by atoms with E-state index in [9.17, 15) is 0 Å². The van der Waals surface area contributed by atoms with Crippen LogP contribution in [0.5, 0.6) is 0 Å². The molecule has 0 aliphatic carbocycles. The van der Waals surface area contributed by atoms with Crippen LogP contribution in [0.4, 0.5) is 0 Å². The summed E-state index contributed by atoms with van der Waals surface area (Å²) in [5, 5.41) is 0. The fourth-order valence-corrected chi connectivity index (χ4v) is 6.76. The summed E-state index contributed by atoms with van der Waals surface area (Å²) in [5.74, 6) is 0. The predicted octanol–water partition coefficient (Wildman–Crippen LogP) is 6.70. The summed E-state index contributed by atoms with van der Waals surface area (Å²) in [6, 6.07) is 0.561. The molecule has 28 heavy (non-hydrogen) atoms. The summed E-state index contributed by atoms with van der Waals surface area (Å²) in [6.45, 7) is 4.54. The van der Waals surface area contributed by atoms with Crippen molar-refractivity contribution in [2.75, 3.05) is 35.4 Å². The van der Waals surface area contributed by atoms with Crippen molar-refractivity contribution < 1.29 is 13.3 Å². The molecule has 0 amide bonds. The molecule has 2 unspecified atom stereocenters. The zero-order chi connectivity index (χ0) is 20.5. The highest BCUT2D eigenvalue weighted by molar-refractivity contribution is 6.62. The van der Waals surface area contributed by atoms with E-state index in [2.05, 4.69) is 32.8 Å². The fourth-order valence-electron chi connectivity index (χ4n) is 4.14. The molecule has 0 N–H and O–H groups in total. The van der Waals surface area contributed by atoms with Gasteiger partial charge in [-0.3, -0.25) is 0 Å². The summed E-state index contributed by atoms with van der Waals surface area (Å²) < 4.78 is 17.6. The van der Waals surface area contributed by atoms with E-state index >= 15 is 0 Å². The predicted molar refractivity (Wildman–Crippen MR) is 127 cm³/mol. The first-order valence-corrected chi connectivity index (χ1v) is 13.1. The summed E-state index contributed by atoms with van der Waals surface area (Å²) in [6.07, 6.45) is 16.9. The van der Waals surface area contributed by atoms with E-state index in [1.54, 1.807) is 21.3 Å². The lowest BCUT2D eigenvalue weighted by Gasteiger charge is -2.36. The lowest BCUT2D eigenvalue weighted by molar-refractivity contribution is 0.101. The highest BCUT2D eigenvalue weighted by Gasteiger charge is 2.47. The molecule has 0 aliphatic rings. The highest BCUT2D eigenvalue weighted by Crippen LogP contribution is 2.35. The minimum atomic E-state index is -2.60. The second kappa shape index (κ2) is 19.3. The van der Waals surface area contributed by atoms with Crippen LogP contribution in [0.2, 0.25) is 5.54 Å². The molecule has 0 aromatic carbocycles. The SMILES string of the molecule is CCCCCCCCCCCC(CC(CCC)N(C)C)[Si](OC)(OC)OC.Cl. The van der Waals surface area contributed by atoms with Crippen molar-refractivity contribution in [3.63, 3.8) is 0 Å². The summed E-state index contributed by atoms with van der Waals surface area (Å²) in [4.78, 5) is 2.35. The summed E-state index contributed by atoms with van der Waals surface area (Å²) in [7, 11) is 7.04. The van der Waals surface area contributed by atoms with Gasteiger partial charge in [0.05, 0.1) is 0 Å². The zero-order valence-corrected chi connectivity index (χ0v) is 21.7. The Balaban J connectivity index is 0. The van der Waals surface area contributed by atoms with Crippen LogP contribution in [0.15, 0.2) is 0 Å². The van der Waals surface area contributed by atoms with Gasteiger partial charge in [-0.1, -0.05) is 78.1 Å². The molecule has 0 radical (unpaired) electrons.